The van der Waals surface area contributed by atoms with Crippen LogP contribution in [0.4, 0.5) is 5.69 Å². The molecule has 3 rings (SSSR count). The van der Waals surface area contributed by atoms with E-state index >= 15 is 0 Å². The van der Waals surface area contributed by atoms with E-state index in [2.05, 4.69) is 5.32 Å². The Hall–Kier alpha value is -3.70. The number of carboxylic acids is 1. The zero-order valence-electron chi connectivity index (χ0n) is 18.1. The van der Waals surface area contributed by atoms with Gasteiger partial charge < -0.3 is 19.9 Å². The van der Waals surface area contributed by atoms with E-state index in [1.807, 2.05) is 6.07 Å². The molecule has 1 amide bonds. The summed E-state index contributed by atoms with van der Waals surface area (Å²) in [7, 11) is 1.43. The molecule has 10 heteroatoms. The monoisotopic (exact) mass is 530 g/mol. The molecule has 2 N–H and O–H groups in total. The second kappa shape index (κ2) is 11.6. The molecular formula is C25H17Cl3N2O5. The predicted molar refractivity (Wildman–Crippen MR) is 134 cm³/mol. The Kier molecular flexibility index (Phi) is 8.61. The molecule has 3 aromatic carbocycles. The third-order valence-corrected chi connectivity index (χ3v) is 5.68. The Labute approximate surface area is 216 Å². The van der Waals surface area contributed by atoms with Crippen LogP contribution in [-0.2, 0) is 11.4 Å². The normalized spacial score (nSPS) is 10.9. The number of ether oxygens (including phenoxy) is 2. The summed E-state index contributed by atoms with van der Waals surface area (Å²) in [5.41, 5.74) is 1.18. The molecule has 7 nitrogen and oxygen atoms in total. The molecule has 178 valence electrons. The van der Waals surface area contributed by atoms with Crippen molar-refractivity contribution in [3.63, 3.8) is 0 Å². The highest BCUT2D eigenvalue weighted by Gasteiger charge is 2.15. The average Bonchev–Trinajstić information content (AvgIpc) is 2.83. The summed E-state index contributed by atoms with van der Waals surface area (Å²) in [5.74, 6) is -1.30. The molecule has 35 heavy (non-hydrogen) atoms. The maximum absolute atomic E-state index is 12.6. The first-order valence-corrected chi connectivity index (χ1v) is 11.1. The quantitative estimate of drug-likeness (QED) is 0.254. The minimum absolute atomic E-state index is 0.00161. The molecule has 0 spiro atoms. The maximum atomic E-state index is 12.6. The Bertz CT molecular complexity index is 1370. The number of nitrogens with zero attached hydrogens (tertiary/aromatic N) is 1. The number of aromatic carboxylic acids is 1. The van der Waals surface area contributed by atoms with Gasteiger partial charge in [0, 0.05) is 5.69 Å². The summed E-state index contributed by atoms with van der Waals surface area (Å²) in [6.07, 6.45) is 1.33. The van der Waals surface area contributed by atoms with Gasteiger partial charge in [0.1, 0.15) is 18.2 Å². The van der Waals surface area contributed by atoms with Gasteiger partial charge in [-0.15, -0.1) is 0 Å². The average molecular weight is 532 g/mol. The van der Waals surface area contributed by atoms with Gasteiger partial charge in [0.25, 0.3) is 5.91 Å². The summed E-state index contributed by atoms with van der Waals surface area (Å²) in [5, 5.41) is 22.1. The Morgan fingerprint density at radius 1 is 1.06 bits per heavy atom. The summed E-state index contributed by atoms with van der Waals surface area (Å²) in [6, 6.07) is 15.7. The van der Waals surface area contributed by atoms with Crippen molar-refractivity contribution in [1.29, 1.82) is 5.26 Å². The minimum Gasteiger partial charge on any atom is -0.493 e. The second-order valence-corrected chi connectivity index (χ2v) is 8.30. The molecule has 0 aliphatic rings. The molecule has 0 aliphatic heterocycles. The minimum atomic E-state index is -1.14. The van der Waals surface area contributed by atoms with Gasteiger partial charge in [-0.3, -0.25) is 4.79 Å². The van der Waals surface area contributed by atoms with Crippen molar-refractivity contribution in [3.8, 4) is 17.6 Å². The number of amides is 1. The van der Waals surface area contributed by atoms with Crippen LogP contribution < -0.4 is 14.8 Å². The molecule has 3 aromatic rings. The first-order chi connectivity index (χ1) is 16.7. The number of carboxylic acid groups (broad SMARTS) is 1. The fraction of sp³-hybridized carbons (Fsp3) is 0.0800. The van der Waals surface area contributed by atoms with Crippen LogP contribution in [0.5, 0.6) is 11.5 Å². The van der Waals surface area contributed by atoms with Gasteiger partial charge in [-0.05, 0) is 59.7 Å². The van der Waals surface area contributed by atoms with Crippen molar-refractivity contribution >= 4 is 58.4 Å². The number of hydrogen-bond donors (Lipinski definition) is 2. The highest BCUT2D eigenvalue weighted by molar-refractivity contribution is 6.42. The molecule has 0 aliphatic carbocycles. The van der Waals surface area contributed by atoms with Crippen molar-refractivity contribution in [2.24, 2.45) is 0 Å². The van der Waals surface area contributed by atoms with Crippen LogP contribution in [0.2, 0.25) is 15.1 Å². The molecule has 0 bridgehead atoms. The molecule has 0 heterocycles. The Morgan fingerprint density at radius 2 is 1.83 bits per heavy atom. The molecule has 0 fully saturated rings. The van der Waals surface area contributed by atoms with E-state index in [9.17, 15) is 14.9 Å². The topological polar surface area (TPSA) is 109 Å². The predicted octanol–water partition coefficient (Wildman–Crippen LogP) is 6.48. The van der Waals surface area contributed by atoms with Crippen LogP contribution in [0, 0.1) is 11.3 Å². The molecule has 0 saturated heterocycles. The maximum Gasteiger partial charge on any atom is 0.335 e. The molecule has 0 atom stereocenters. The van der Waals surface area contributed by atoms with Crippen LogP contribution in [0.15, 0.2) is 60.2 Å². The lowest BCUT2D eigenvalue weighted by Crippen LogP contribution is -2.14. The van der Waals surface area contributed by atoms with E-state index in [1.165, 1.54) is 43.5 Å². The summed E-state index contributed by atoms with van der Waals surface area (Å²) in [6.45, 7) is 0.142. The second-order valence-electron chi connectivity index (χ2n) is 7.08. The van der Waals surface area contributed by atoms with Crippen molar-refractivity contribution in [2.45, 2.75) is 6.61 Å². The number of benzene rings is 3. The van der Waals surface area contributed by atoms with Gasteiger partial charge in [-0.25, -0.2) is 4.79 Å². The van der Waals surface area contributed by atoms with E-state index in [0.717, 1.165) is 5.56 Å². The highest BCUT2D eigenvalue weighted by atomic mass is 35.5. The number of methoxy groups -OCH3 is 1. The lowest BCUT2D eigenvalue weighted by atomic mass is 10.1. The number of anilines is 1. The highest BCUT2D eigenvalue weighted by Crippen LogP contribution is 2.38. The number of carbonyl (C=O) groups excluding carboxylic acids is 1. The first kappa shape index (κ1) is 25.9. The number of nitrogens with one attached hydrogen (secondary N) is 1. The Morgan fingerprint density at radius 3 is 2.49 bits per heavy atom. The van der Waals surface area contributed by atoms with Crippen LogP contribution in [-0.4, -0.2) is 24.1 Å². The SMILES string of the molecule is COc1cc(/C=C(/C#N)C(=O)Nc2cccc(C(=O)O)c2)cc(Cl)c1OCc1ccc(Cl)c(Cl)c1. The zero-order valence-corrected chi connectivity index (χ0v) is 20.4. The summed E-state index contributed by atoms with van der Waals surface area (Å²) < 4.78 is 11.2. The summed E-state index contributed by atoms with van der Waals surface area (Å²) >= 11 is 18.4. The Balaban J connectivity index is 1.82. The number of nitriles is 1. The largest absolute Gasteiger partial charge is 0.493 e. The van der Waals surface area contributed by atoms with E-state index in [1.54, 1.807) is 24.3 Å². The standard InChI is InChI=1S/C25H17Cl3N2O5/c1-34-22-10-15(9-21(28)23(22)35-13-14-5-6-19(26)20(27)8-14)7-17(12-29)24(31)30-18-4-2-3-16(11-18)25(32)33/h2-11H,13H2,1H3,(H,30,31)(H,32,33)/b17-7-. The molecule has 0 aromatic heterocycles. The number of hydrogen-bond acceptors (Lipinski definition) is 5. The van der Waals surface area contributed by atoms with Gasteiger partial charge in [-0.2, -0.15) is 5.26 Å². The third-order valence-electron chi connectivity index (χ3n) is 4.66. The van der Waals surface area contributed by atoms with Crippen LogP contribution >= 0.6 is 34.8 Å². The molecule has 0 radical (unpaired) electrons. The van der Waals surface area contributed by atoms with Crippen LogP contribution in [0.25, 0.3) is 6.08 Å². The van der Waals surface area contributed by atoms with E-state index in [0.29, 0.717) is 15.6 Å². The van der Waals surface area contributed by atoms with Gasteiger partial charge in [0.2, 0.25) is 0 Å². The van der Waals surface area contributed by atoms with Crippen molar-refractivity contribution in [3.05, 3.63) is 91.9 Å². The van der Waals surface area contributed by atoms with Gasteiger partial charge in [-0.1, -0.05) is 46.9 Å². The first-order valence-electron chi connectivity index (χ1n) is 9.92. The molecule has 0 unspecified atom stereocenters. The fourth-order valence-corrected chi connectivity index (χ4v) is 3.59. The van der Waals surface area contributed by atoms with Gasteiger partial charge >= 0.3 is 5.97 Å². The van der Waals surface area contributed by atoms with E-state index in [4.69, 9.17) is 49.4 Å². The smallest absolute Gasteiger partial charge is 0.335 e. The fourth-order valence-electron chi connectivity index (χ4n) is 2.99. The van der Waals surface area contributed by atoms with Crippen LogP contribution in [0.1, 0.15) is 21.5 Å². The molecule has 0 saturated carbocycles. The van der Waals surface area contributed by atoms with E-state index < -0.39 is 11.9 Å². The van der Waals surface area contributed by atoms with Crippen molar-refractivity contribution in [2.75, 3.05) is 12.4 Å². The van der Waals surface area contributed by atoms with Crippen molar-refractivity contribution < 1.29 is 24.2 Å². The van der Waals surface area contributed by atoms with Gasteiger partial charge in [0.05, 0.1) is 27.7 Å². The number of rotatable bonds is 8. The van der Waals surface area contributed by atoms with Crippen LogP contribution in [0.3, 0.4) is 0 Å². The lowest BCUT2D eigenvalue weighted by molar-refractivity contribution is -0.112. The van der Waals surface area contributed by atoms with Crippen molar-refractivity contribution in [1.82, 2.24) is 0 Å². The lowest BCUT2D eigenvalue weighted by Gasteiger charge is -2.14. The van der Waals surface area contributed by atoms with Gasteiger partial charge in [0.15, 0.2) is 11.5 Å². The van der Waals surface area contributed by atoms with E-state index in [-0.39, 0.29) is 40.0 Å². The molecular weight excluding hydrogens is 515 g/mol. The number of halogens is 3. The third kappa shape index (κ3) is 6.67. The number of carbonyl (C=O) groups is 2. The summed E-state index contributed by atoms with van der Waals surface area (Å²) in [4.78, 5) is 23.7. The zero-order chi connectivity index (χ0) is 25.5.